The molecule has 3 heterocycles. The van der Waals surface area contributed by atoms with Gasteiger partial charge in [0.2, 0.25) is 5.91 Å². The summed E-state index contributed by atoms with van der Waals surface area (Å²) < 4.78 is 0. The molecular formula is C18H34N4O. The van der Waals surface area contributed by atoms with Crippen LogP contribution in [0.1, 0.15) is 32.6 Å². The molecule has 3 aliphatic heterocycles. The van der Waals surface area contributed by atoms with E-state index in [0.29, 0.717) is 11.9 Å². The first-order valence-corrected chi connectivity index (χ1v) is 9.61. The van der Waals surface area contributed by atoms with Gasteiger partial charge in [0.15, 0.2) is 0 Å². The number of nitrogens with zero attached hydrogens (tertiary/aromatic N) is 4. The van der Waals surface area contributed by atoms with Gasteiger partial charge in [-0.1, -0.05) is 6.92 Å². The van der Waals surface area contributed by atoms with Gasteiger partial charge in [-0.3, -0.25) is 9.69 Å². The summed E-state index contributed by atoms with van der Waals surface area (Å²) in [5.74, 6) is 0.725. The lowest BCUT2D eigenvalue weighted by Gasteiger charge is -2.43. The number of likely N-dealkylation sites (tertiary alicyclic amines) is 2. The van der Waals surface area contributed by atoms with Gasteiger partial charge in [-0.05, 0) is 52.4 Å². The van der Waals surface area contributed by atoms with Crippen molar-refractivity contribution in [1.82, 2.24) is 19.6 Å². The molecule has 0 unspecified atom stereocenters. The third-order valence-electron chi connectivity index (χ3n) is 6.21. The quantitative estimate of drug-likeness (QED) is 0.774. The maximum absolute atomic E-state index is 12.7. The number of likely N-dealkylation sites (N-methyl/N-ethyl adjacent to an activating group) is 1. The Morgan fingerprint density at radius 1 is 0.870 bits per heavy atom. The Bertz CT molecular complexity index is 378. The highest BCUT2D eigenvalue weighted by atomic mass is 16.2. The smallest absolute Gasteiger partial charge is 0.225 e. The van der Waals surface area contributed by atoms with E-state index >= 15 is 0 Å². The van der Waals surface area contributed by atoms with Gasteiger partial charge in [0.25, 0.3) is 0 Å². The molecule has 5 nitrogen and oxygen atoms in total. The Balaban J connectivity index is 1.42. The fourth-order valence-corrected chi connectivity index (χ4v) is 4.41. The second kappa shape index (κ2) is 7.95. The third-order valence-corrected chi connectivity index (χ3v) is 6.21. The molecular weight excluding hydrogens is 288 g/mol. The van der Waals surface area contributed by atoms with E-state index in [1.807, 2.05) is 0 Å². The molecule has 5 heteroatoms. The fraction of sp³-hybridized carbons (Fsp3) is 0.944. The number of amides is 1. The van der Waals surface area contributed by atoms with E-state index < -0.39 is 0 Å². The van der Waals surface area contributed by atoms with Crippen LogP contribution in [-0.4, -0.2) is 97.5 Å². The molecule has 3 aliphatic rings. The summed E-state index contributed by atoms with van der Waals surface area (Å²) in [5.41, 5.74) is 0. The second-order valence-electron chi connectivity index (χ2n) is 7.60. The Morgan fingerprint density at radius 3 is 2.04 bits per heavy atom. The molecule has 0 aromatic heterocycles. The van der Waals surface area contributed by atoms with Crippen LogP contribution in [0.15, 0.2) is 0 Å². The summed E-state index contributed by atoms with van der Waals surface area (Å²) in [4.78, 5) is 22.4. The van der Waals surface area contributed by atoms with Crippen molar-refractivity contribution in [2.24, 2.45) is 5.92 Å². The largest absolute Gasteiger partial charge is 0.342 e. The molecule has 0 atom stereocenters. The summed E-state index contributed by atoms with van der Waals surface area (Å²) >= 11 is 0. The van der Waals surface area contributed by atoms with E-state index in [1.54, 1.807) is 0 Å². The van der Waals surface area contributed by atoms with Crippen molar-refractivity contribution in [3.05, 3.63) is 0 Å². The minimum absolute atomic E-state index is 0.288. The SMILES string of the molecule is CCN1CCN(C2CCN(C(=O)C3CCN(C)CC3)CC2)CC1. The van der Waals surface area contributed by atoms with Crippen LogP contribution in [0.5, 0.6) is 0 Å². The minimum atomic E-state index is 0.288. The van der Waals surface area contributed by atoms with Gasteiger partial charge in [-0.2, -0.15) is 0 Å². The first-order chi connectivity index (χ1) is 11.2. The number of piperidine rings is 2. The monoisotopic (exact) mass is 322 g/mol. The summed E-state index contributed by atoms with van der Waals surface area (Å²) in [7, 11) is 2.16. The lowest BCUT2D eigenvalue weighted by Crippen LogP contribution is -2.54. The van der Waals surface area contributed by atoms with Gasteiger partial charge in [-0.15, -0.1) is 0 Å². The van der Waals surface area contributed by atoms with E-state index in [4.69, 9.17) is 0 Å². The van der Waals surface area contributed by atoms with Crippen LogP contribution in [0.2, 0.25) is 0 Å². The van der Waals surface area contributed by atoms with Gasteiger partial charge in [0.1, 0.15) is 0 Å². The third kappa shape index (κ3) is 4.25. The van der Waals surface area contributed by atoms with Gasteiger partial charge in [0.05, 0.1) is 0 Å². The first kappa shape index (κ1) is 17.2. The van der Waals surface area contributed by atoms with Gasteiger partial charge < -0.3 is 14.7 Å². The van der Waals surface area contributed by atoms with Crippen molar-refractivity contribution in [3.63, 3.8) is 0 Å². The zero-order valence-electron chi connectivity index (χ0n) is 15.0. The molecule has 0 saturated carbocycles. The predicted molar refractivity (Wildman–Crippen MR) is 93.5 cm³/mol. The van der Waals surface area contributed by atoms with E-state index in [0.717, 1.165) is 39.0 Å². The van der Waals surface area contributed by atoms with Crippen LogP contribution in [0.25, 0.3) is 0 Å². The van der Waals surface area contributed by atoms with Crippen LogP contribution < -0.4 is 0 Å². The molecule has 132 valence electrons. The number of rotatable bonds is 3. The molecule has 0 N–H and O–H groups in total. The van der Waals surface area contributed by atoms with Crippen molar-refractivity contribution < 1.29 is 4.79 Å². The van der Waals surface area contributed by atoms with Crippen LogP contribution in [0.3, 0.4) is 0 Å². The summed E-state index contributed by atoms with van der Waals surface area (Å²) in [5, 5.41) is 0. The molecule has 3 rings (SSSR count). The maximum atomic E-state index is 12.7. The van der Waals surface area contributed by atoms with Crippen molar-refractivity contribution >= 4 is 5.91 Å². The van der Waals surface area contributed by atoms with Crippen LogP contribution in [-0.2, 0) is 4.79 Å². The van der Waals surface area contributed by atoms with E-state index in [9.17, 15) is 4.79 Å². The van der Waals surface area contributed by atoms with Crippen LogP contribution in [0.4, 0.5) is 0 Å². The average molecular weight is 322 g/mol. The molecule has 0 spiro atoms. The second-order valence-corrected chi connectivity index (χ2v) is 7.60. The Morgan fingerprint density at radius 2 is 1.48 bits per heavy atom. The summed E-state index contributed by atoms with van der Waals surface area (Å²) in [6, 6.07) is 0.704. The van der Waals surface area contributed by atoms with Crippen LogP contribution in [0, 0.1) is 5.92 Å². The highest BCUT2D eigenvalue weighted by molar-refractivity contribution is 5.79. The maximum Gasteiger partial charge on any atom is 0.225 e. The molecule has 0 aromatic carbocycles. The van der Waals surface area contributed by atoms with E-state index in [-0.39, 0.29) is 5.92 Å². The molecule has 0 bridgehead atoms. The molecule has 0 radical (unpaired) electrons. The predicted octanol–water partition coefficient (Wildman–Crippen LogP) is 0.957. The van der Waals surface area contributed by atoms with Gasteiger partial charge in [0, 0.05) is 51.2 Å². The first-order valence-electron chi connectivity index (χ1n) is 9.61. The highest BCUT2D eigenvalue weighted by Gasteiger charge is 2.32. The molecule has 3 fully saturated rings. The summed E-state index contributed by atoms with van der Waals surface area (Å²) in [6.45, 7) is 12.4. The number of hydrogen-bond donors (Lipinski definition) is 0. The van der Waals surface area contributed by atoms with Crippen molar-refractivity contribution in [2.75, 3.05) is 66.0 Å². The average Bonchev–Trinajstić information content (AvgIpc) is 2.62. The number of piperazine rings is 1. The Hall–Kier alpha value is -0.650. The Labute approximate surface area is 141 Å². The van der Waals surface area contributed by atoms with Crippen molar-refractivity contribution in [3.8, 4) is 0 Å². The number of carbonyl (C=O) groups is 1. The molecule has 1 amide bonds. The Kier molecular flexibility index (Phi) is 5.94. The van der Waals surface area contributed by atoms with Gasteiger partial charge in [-0.25, -0.2) is 0 Å². The summed E-state index contributed by atoms with van der Waals surface area (Å²) in [6.07, 6.45) is 4.44. The van der Waals surface area contributed by atoms with E-state index in [2.05, 4.69) is 33.6 Å². The number of hydrogen-bond acceptors (Lipinski definition) is 4. The highest BCUT2D eigenvalue weighted by Crippen LogP contribution is 2.23. The molecule has 23 heavy (non-hydrogen) atoms. The topological polar surface area (TPSA) is 30.0 Å². The molecule has 0 aliphatic carbocycles. The normalized spacial score (nSPS) is 27.5. The van der Waals surface area contributed by atoms with Gasteiger partial charge >= 0.3 is 0 Å². The van der Waals surface area contributed by atoms with E-state index in [1.165, 1.54) is 45.6 Å². The minimum Gasteiger partial charge on any atom is -0.342 e. The van der Waals surface area contributed by atoms with Crippen molar-refractivity contribution in [1.29, 1.82) is 0 Å². The molecule has 3 saturated heterocycles. The van der Waals surface area contributed by atoms with Crippen molar-refractivity contribution in [2.45, 2.75) is 38.6 Å². The zero-order valence-corrected chi connectivity index (χ0v) is 15.0. The zero-order chi connectivity index (χ0) is 16.2. The standard InChI is InChI=1S/C18H34N4O/c1-3-20-12-14-21(15-13-20)17-6-10-22(11-7-17)18(23)16-4-8-19(2)9-5-16/h16-17H,3-15H2,1-2H3. The molecule has 0 aromatic rings. The van der Waals surface area contributed by atoms with Crippen LogP contribution >= 0.6 is 0 Å². The lowest BCUT2D eigenvalue weighted by atomic mass is 9.93. The lowest BCUT2D eigenvalue weighted by molar-refractivity contribution is -0.138. The fourth-order valence-electron chi connectivity index (χ4n) is 4.41. The number of carbonyl (C=O) groups excluding carboxylic acids is 1.